The molecule has 0 aliphatic heterocycles. The van der Waals surface area contributed by atoms with E-state index in [2.05, 4.69) is 24.8 Å². The van der Waals surface area contributed by atoms with Crippen LogP contribution in [0.25, 0.3) is 0 Å². The topological polar surface area (TPSA) is 9.23 Å². The molecule has 0 spiro atoms. The molecule has 0 saturated heterocycles. The molecule has 0 amide bonds. The Morgan fingerprint density at radius 2 is 2.43 bits per heavy atom. The van der Waals surface area contributed by atoms with Gasteiger partial charge in [-0.15, -0.1) is 12.6 Å². The fourth-order valence-electron chi connectivity index (χ4n) is 0.189. The Labute approximate surface area is 54.5 Å². The fourth-order valence-corrected chi connectivity index (χ4v) is 0.364. The van der Waals surface area contributed by atoms with Crippen molar-refractivity contribution in [1.29, 1.82) is 0 Å². The SMILES string of the molecule is CCOCC(=S)S. The lowest BCUT2D eigenvalue weighted by Gasteiger charge is -1.93. The molecule has 0 fully saturated rings. The first-order valence-electron chi connectivity index (χ1n) is 2.07. The summed E-state index contributed by atoms with van der Waals surface area (Å²) in [6.45, 7) is 3.13. The molecule has 0 atom stereocenters. The lowest BCUT2D eigenvalue weighted by atomic mass is 10.8. The predicted octanol–water partition coefficient (Wildman–Crippen LogP) is 1.28. The lowest BCUT2D eigenvalue weighted by Crippen LogP contribution is -1.97. The van der Waals surface area contributed by atoms with Crippen LogP contribution in [-0.2, 0) is 4.74 Å². The van der Waals surface area contributed by atoms with E-state index in [1.165, 1.54) is 0 Å². The molecule has 0 saturated carbocycles. The highest BCUT2D eigenvalue weighted by molar-refractivity contribution is 8.11. The van der Waals surface area contributed by atoms with Crippen LogP contribution >= 0.6 is 24.8 Å². The van der Waals surface area contributed by atoms with Crippen LogP contribution in [0, 0.1) is 0 Å². The van der Waals surface area contributed by atoms with Gasteiger partial charge in [0.1, 0.15) is 0 Å². The number of thiocarbonyl (C=S) groups is 1. The maximum Gasteiger partial charge on any atom is 0.0875 e. The fraction of sp³-hybridized carbons (Fsp3) is 0.750. The molecular formula is C4H8OS2. The van der Waals surface area contributed by atoms with E-state index in [0.29, 0.717) is 17.4 Å². The van der Waals surface area contributed by atoms with Crippen LogP contribution in [-0.4, -0.2) is 17.4 Å². The van der Waals surface area contributed by atoms with Crippen molar-refractivity contribution in [2.75, 3.05) is 13.2 Å². The smallest absolute Gasteiger partial charge is 0.0875 e. The van der Waals surface area contributed by atoms with Crippen molar-refractivity contribution in [2.24, 2.45) is 0 Å². The Kier molecular flexibility index (Phi) is 4.82. The summed E-state index contributed by atoms with van der Waals surface area (Å²) in [5.41, 5.74) is 0. The third-order valence-corrected chi connectivity index (χ3v) is 0.677. The van der Waals surface area contributed by atoms with Crippen molar-refractivity contribution in [3.05, 3.63) is 0 Å². The molecule has 0 aromatic rings. The van der Waals surface area contributed by atoms with E-state index in [9.17, 15) is 0 Å². The van der Waals surface area contributed by atoms with Gasteiger partial charge in [0.15, 0.2) is 0 Å². The summed E-state index contributed by atoms with van der Waals surface area (Å²) < 4.78 is 5.49. The van der Waals surface area contributed by atoms with Gasteiger partial charge in [-0.2, -0.15) is 0 Å². The molecule has 3 heteroatoms. The first-order chi connectivity index (χ1) is 3.27. The number of rotatable bonds is 3. The molecule has 0 aliphatic rings. The first kappa shape index (κ1) is 7.40. The predicted molar refractivity (Wildman–Crippen MR) is 38.1 cm³/mol. The number of hydrogen-bond donors (Lipinski definition) is 1. The minimum Gasteiger partial charge on any atom is -0.376 e. The van der Waals surface area contributed by atoms with Crippen molar-refractivity contribution in [2.45, 2.75) is 6.92 Å². The van der Waals surface area contributed by atoms with Crippen molar-refractivity contribution in [1.82, 2.24) is 0 Å². The first-order valence-corrected chi connectivity index (χ1v) is 2.92. The zero-order valence-corrected chi connectivity index (χ0v) is 5.89. The molecule has 0 N–H and O–H groups in total. The van der Waals surface area contributed by atoms with Gasteiger partial charge in [-0.05, 0) is 6.92 Å². The molecule has 7 heavy (non-hydrogen) atoms. The van der Waals surface area contributed by atoms with Gasteiger partial charge in [-0.25, -0.2) is 0 Å². The molecule has 0 bridgehead atoms. The van der Waals surface area contributed by atoms with Crippen LogP contribution in [0.2, 0.25) is 0 Å². The highest BCUT2D eigenvalue weighted by Crippen LogP contribution is 1.83. The average Bonchev–Trinajstić information content (AvgIpc) is 1.61. The third-order valence-electron chi connectivity index (χ3n) is 0.430. The summed E-state index contributed by atoms with van der Waals surface area (Å²) in [6, 6.07) is 0. The van der Waals surface area contributed by atoms with Gasteiger partial charge in [0, 0.05) is 6.61 Å². The Hall–Kier alpha value is 0.400. The second kappa shape index (κ2) is 4.56. The molecule has 0 aliphatic carbocycles. The van der Waals surface area contributed by atoms with Crippen molar-refractivity contribution < 1.29 is 4.74 Å². The maximum atomic E-state index is 4.88. The van der Waals surface area contributed by atoms with Crippen LogP contribution in [0.1, 0.15) is 6.92 Å². The third kappa shape index (κ3) is 6.40. The van der Waals surface area contributed by atoms with Gasteiger partial charge in [0.2, 0.25) is 0 Å². The second-order valence-corrected chi connectivity index (χ2v) is 2.37. The highest BCUT2D eigenvalue weighted by Gasteiger charge is 1.83. The molecule has 0 heterocycles. The number of thiol groups is 1. The summed E-state index contributed by atoms with van der Waals surface area (Å²) >= 11 is 8.44. The number of hydrogen-bond acceptors (Lipinski definition) is 2. The van der Waals surface area contributed by atoms with Crippen molar-refractivity contribution >= 4 is 29.0 Å². The zero-order chi connectivity index (χ0) is 5.70. The van der Waals surface area contributed by atoms with Crippen LogP contribution in [0.15, 0.2) is 0 Å². The molecule has 0 aromatic heterocycles. The zero-order valence-electron chi connectivity index (χ0n) is 4.18. The normalized spacial score (nSPS) is 8.86. The van der Waals surface area contributed by atoms with Crippen LogP contribution in [0.5, 0.6) is 0 Å². The van der Waals surface area contributed by atoms with Gasteiger partial charge in [-0.3, -0.25) is 0 Å². The number of ether oxygens (including phenoxy) is 1. The minimum atomic E-state index is 0.495. The molecule has 1 nitrogen and oxygen atoms in total. The van der Waals surface area contributed by atoms with E-state index in [0.717, 1.165) is 0 Å². The van der Waals surface area contributed by atoms with Gasteiger partial charge in [0.05, 0.1) is 10.8 Å². The van der Waals surface area contributed by atoms with E-state index >= 15 is 0 Å². The highest BCUT2D eigenvalue weighted by atomic mass is 32.1. The summed E-state index contributed by atoms with van der Waals surface area (Å²) in [4.78, 5) is 0. The van der Waals surface area contributed by atoms with Crippen molar-refractivity contribution in [3.8, 4) is 0 Å². The van der Waals surface area contributed by atoms with E-state index in [-0.39, 0.29) is 0 Å². The Balaban J connectivity index is 2.82. The molecule has 0 radical (unpaired) electrons. The molecular weight excluding hydrogens is 128 g/mol. The largest absolute Gasteiger partial charge is 0.376 e. The summed E-state index contributed by atoms with van der Waals surface area (Å²) in [6.07, 6.45) is 0. The van der Waals surface area contributed by atoms with Crippen LogP contribution in [0.4, 0.5) is 0 Å². The maximum absolute atomic E-state index is 4.88. The van der Waals surface area contributed by atoms with Crippen LogP contribution in [0.3, 0.4) is 0 Å². The Morgan fingerprint density at radius 1 is 1.86 bits per heavy atom. The van der Waals surface area contributed by atoms with E-state index in [1.807, 2.05) is 6.92 Å². The average molecular weight is 136 g/mol. The molecule has 0 rings (SSSR count). The van der Waals surface area contributed by atoms with Crippen LogP contribution < -0.4 is 0 Å². The Bertz CT molecular complexity index is 62.7. The molecule has 42 valence electrons. The van der Waals surface area contributed by atoms with Gasteiger partial charge >= 0.3 is 0 Å². The minimum absolute atomic E-state index is 0.495. The Morgan fingerprint density at radius 3 is 2.57 bits per heavy atom. The monoisotopic (exact) mass is 136 g/mol. The quantitative estimate of drug-likeness (QED) is 0.462. The second-order valence-electron chi connectivity index (χ2n) is 1.03. The standard InChI is InChI=1S/C4H8OS2/c1-2-5-3-4(6)7/h2-3H2,1H3,(H,6,7). The summed E-state index contributed by atoms with van der Waals surface area (Å²) in [5, 5.41) is 0. The summed E-state index contributed by atoms with van der Waals surface area (Å²) in [7, 11) is 0. The molecule has 0 unspecified atom stereocenters. The van der Waals surface area contributed by atoms with E-state index < -0.39 is 0 Å². The van der Waals surface area contributed by atoms with Crippen molar-refractivity contribution in [3.63, 3.8) is 0 Å². The lowest BCUT2D eigenvalue weighted by molar-refractivity contribution is 0.190. The van der Waals surface area contributed by atoms with E-state index in [4.69, 9.17) is 4.74 Å². The molecule has 0 aromatic carbocycles. The van der Waals surface area contributed by atoms with Gasteiger partial charge in [0.25, 0.3) is 0 Å². The van der Waals surface area contributed by atoms with E-state index in [1.54, 1.807) is 0 Å². The van der Waals surface area contributed by atoms with Gasteiger partial charge in [-0.1, -0.05) is 12.2 Å². The summed E-state index contributed by atoms with van der Waals surface area (Å²) in [5.74, 6) is 0. The van der Waals surface area contributed by atoms with Gasteiger partial charge < -0.3 is 4.74 Å².